The molecule has 0 saturated carbocycles. The molecular weight excluding hydrogens is 374 g/mol. The molecule has 0 fully saturated rings. The molecule has 1 heterocycles. The van der Waals surface area contributed by atoms with Crippen LogP contribution in [0.5, 0.6) is 0 Å². The van der Waals surface area contributed by atoms with Gasteiger partial charge in [-0.15, -0.1) is 11.3 Å². The predicted molar refractivity (Wildman–Crippen MR) is 87.1 cm³/mol. The van der Waals surface area contributed by atoms with Crippen molar-refractivity contribution in [2.45, 2.75) is 32.6 Å². The second-order valence-electron chi connectivity index (χ2n) is 5.49. The summed E-state index contributed by atoms with van der Waals surface area (Å²) < 4.78 is 14.1. The fourth-order valence-corrected chi connectivity index (χ4v) is 3.65. The Balaban J connectivity index is 2.38. The Morgan fingerprint density at radius 2 is 2.05 bits per heavy atom. The highest BCUT2D eigenvalue weighted by atomic mass is 127. The Kier molecular flexibility index (Phi) is 4.15. The van der Waals surface area contributed by atoms with Gasteiger partial charge in [-0.3, -0.25) is 0 Å². The van der Waals surface area contributed by atoms with Crippen LogP contribution in [0.15, 0.2) is 18.2 Å². The van der Waals surface area contributed by atoms with E-state index in [9.17, 15) is 4.39 Å². The number of rotatable bonds is 2. The van der Waals surface area contributed by atoms with Crippen LogP contribution in [0.1, 0.15) is 36.9 Å². The molecule has 0 aliphatic rings. The van der Waals surface area contributed by atoms with Gasteiger partial charge in [0.2, 0.25) is 0 Å². The van der Waals surface area contributed by atoms with Crippen molar-refractivity contribution in [2.75, 3.05) is 5.73 Å². The minimum Gasteiger partial charge on any atom is -0.375 e. The van der Waals surface area contributed by atoms with Crippen LogP contribution < -0.4 is 5.73 Å². The van der Waals surface area contributed by atoms with Crippen LogP contribution in [0.2, 0.25) is 0 Å². The summed E-state index contributed by atoms with van der Waals surface area (Å²) >= 11 is 3.68. The van der Waals surface area contributed by atoms with Gasteiger partial charge >= 0.3 is 0 Å². The first kappa shape index (κ1) is 14.7. The third-order valence-corrected chi connectivity index (χ3v) is 4.68. The van der Waals surface area contributed by atoms with Crippen molar-refractivity contribution in [1.82, 2.24) is 4.98 Å². The molecule has 2 aromatic rings. The van der Waals surface area contributed by atoms with Crippen LogP contribution in [0, 0.1) is 9.39 Å². The van der Waals surface area contributed by atoms with Gasteiger partial charge in [-0.1, -0.05) is 26.8 Å². The Morgan fingerprint density at radius 3 is 2.63 bits per heavy atom. The second-order valence-corrected chi connectivity index (χ2v) is 7.76. The summed E-state index contributed by atoms with van der Waals surface area (Å²) in [5.74, 6) is -0.201. The molecule has 1 aromatic heterocycles. The first-order valence-corrected chi connectivity index (χ1v) is 7.86. The van der Waals surface area contributed by atoms with Gasteiger partial charge in [0.05, 0.1) is 5.69 Å². The molecular formula is C14H16FIN2S. The topological polar surface area (TPSA) is 38.9 Å². The molecule has 0 amide bonds. The van der Waals surface area contributed by atoms with E-state index in [1.54, 1.807) is 6.07 Å². The fraction of sp³-hybridized carbons (Fsp3) is 0.357. The first-order valence-electron chi connectivity index (χ1n) is 5.97. The molecule has 0 spiro atoms. The van der Waals surface area contributed by atoms with E-state index >= 15 is 0 Å². The molecule has 0 aliphatic heterocycles. The molecule has 0 atom stereocenters. The molecule has 2 N–H and O–H groups in total. The Morgan fingerprint density at radius 1 is 1.37 bits per heavy atom. The van der Waals surface area contributed by atoms with Crippen molar-refractivity contribution in [3.05, 3.63) is 43.7 Å². The largest absolute Gasteiger partial charge is 0.375 e. The van der Waals surface area contributed by atoms with Crippen LogP contribution in [0.25, 0.3) is 0 Å². The zero-order valence-corrected chi connectivity index (χ0v) is 14.1. The number of benzene rings is 1. The number of aromatic nitrogens is 1. The zero-order valence-electron chi connectivity index (χ0n) is 11.1. The molecule has 102 valence electrons. The third kappa shape index (κ3) is 3.45. The van der Waals surface area contributed by atoms with E-state index in [0.29, 0.717) is 5.13 Å². The molecule has 2 rings (SSSR count). The molecule has 0 bridgehead atoms. The monoisotopic (exact) mass is 390 g/mol. The number of hydrogen-bond donors (Lipinski definition) is 1. The SMILES string of the molecule is CC(C)(C)c1nc(N)sc1Cc1ccc(F)cc1I. The van der Waals surface area contributed by atoms with Crippen molar-refractivity contribution in [3.8, 4) is 0 Å². The van der Waals surface area contributed by atoms with Gasteiger partial charge in [0, 0.05) is 20.3 Å². The van der Waals surface area contributed by atoms with E-state index in [-0.39, 0.29) is 11.2 Å². The Bertz CT molecular complexity index is 602. The lowest BCUT2D eigenvalue weighted by Crippen LogP contribution is -2.14. The van der Waals surface area contributed by atoms with Crippen LogP contribution >= 0.6 is 33.9 Å². The lowest BCUT2D eigenvalue weighted by atomic mass is 9.90. The molecule has 0 unspecified atom stereocenters. The van der Waals surface area contributed by atoms with E-state index in [2.05, 4.69) is 48.3 Å². The number of thiazole rings is 1. The molecule has 1 aromatic carbocycles. The Hall–Kier alpha value is -0.690. The minimum absolute atomic E-state index is 0.0328. The van der Waals surface area contributed by atoms with E-state index < -0.39 is 0 Å². The highest BCUT2D eigenvalue weighted by Gasteiger charge is 2.23. The van der Waals surface area contributed by atoms with Gasteiger partial charge in [0.15, 0.2) is 5.13 Å². The molecule has 5 heteroatoms. The van der Waals surface area contributed by atoms with Gasteiger partial charge < -0.3 is 5.73 Å². The summed E-state index contributed by atoms with van der Waals surface area (Å²) in [6, 6.07) is 4.88. The second kappa shape index (κ2) is 5.36. The summed E-state index contributed by atoms with van der Waals surface area (Å²) in [5, 5.41) is 0.594. The van der Waals surface area contributed by atoms with Gasteiger partial charge in [0.25, 0.3) is 0 Å². The van der Waals surface area contributed by atoms with Gasteiger partial charge in [-0.2, -0.15) is 0 Å². The average molecular weight is 390 g/mol. The number of nitrogen functional groups attached to an aromatic ring is 1. The van der Waals surface area contributed by atoms with E-state index in [0.717, 1.165) is 26.1 Å². The molecule has 0 saturated heterocycles. The van der Waals surface area contributed by atoms with E-state index in [1.165, 1.54) is 17.4 Å². The van der Waals surface area contributed by atoms with Gasteiger partial charge in [0.1, 0.15) is 5.82 Å². The summed E-state index contributed by atoms with van der Waals surface area (Å²) in [5.41, 5.74) is 7.95. The molecule has 0 aliphatic carbocycles. The number of hydrogen-bond acceptors (Lipinski definition) is 3. The van der Waals surface area contributed by atoms with Crippen molar-refractivity contribution >= 4 is 39.1 Å². The normalized spacial score (nSPS) is 11.8. The maximum absolute atomic E-state index is 13.1. The lowest BCUT2D eigenvalue weighted by molar-refractivity contribution is 0.568. The zero-order chi connectivity index (χ0) is 14.2. The van der Waals surface area contributed by atoms with E-state index in [1.807, 2.05) is 6.07 Å². The van der Waals surface area contributed by atoms with Crippen LogP contribution in [-0.2, 0) is 11.8 Å². The van der Waals surface area contributed by atoms with Crippen molar-refractivity contribution in [2.24, 2.45) is 0 Å². The summed E-state index contributed by atoms with van der Waals surface area (Å²) in [6.45, 7) is 6.38. The fourth-order valence-electron chi connectivity index (χ4n) is 1.91. The Labute approximate surface area is 130 Å². The first-order chi connectivity index (χ1) is 8.77. The molecule has 0 radical (unpaired) electrons. The quantitative estimate of drug-likeness (QED) is 0.775. The maximum Gasteiger partial charge on any atom is 0.180 e. The average Bonchev–Trinajstić information content (AvgIpc) is 2.63. The smallest absolute Gasteiger partial charge is 0.180 e. The highest BCUT2D eigenvalue weighted by Crippen LogP contribution is 2.33. The summed E-state index contributed by atoms with van der Waals surface area (Å²) in [4.78, 5) is 5.61. The molecule has 2 nitrogen and oxygen atoms in total. The van der Waals surface area contributed by atoms with Crippen molar-refractivity contribution in [3.63, 3.8) is 0 Å². The third-order valence-electron chi connectivity index (χ3n) is 2.79. The van der Waals surface area contributed by atoms with Crippen molar-refractivity contribution in [1.29, 1.82) is 0 Å². The summed E-state index contributed by atoms with van der Waals surface area (Å²) in [7, 11) is 0. The number of halogens is 2. The van der Waals surface area contributed by atoms with Crippen LogP contribution in [0.4, 0.5) is 9.52 Å². The van der Waals surface area contributed by atoms with Gasteiger partial charge in [-0.05, 0) is 40.3 Å². The van der Waals surface area contributed by atoms with Crippen molar-refractivity contribution < 1.29 is 4.39 Å². The van der Waals surface area contributed by atoms with Gasteiger partial charge in [-0.25, -0.2) is 9.37 Å². The van der Waals surface area contributed by atoms with E-state index in [4.69, 9.17) is 5.73 Å². The predicted octanol–water partition coefficient (Wildman–Crippen LogP) is 4.36. The lowest BCUT2D eigenvalue weighted by Gasteiger charge is -2.17. The van der Waals surface area contributed by atoms with Crippen LogP contribution in [-0.4, -0.2) is 4.98 Å². The van der Waals surface area contributed by atoms with Crippen LogP contribution in [0.3, 0.4) is 0 Å². The minimum atomic E-state index is -0.201. The maximum atomic E-state index is 13.1. The standard InChI is InChI=1S/C14H16FIN2S/c1-14(2,3)12-11(19-13(17)18-12)6-8-4-5-9(15)7-10(8)16/h4-5,7H,6H2,1-3H3,(H2,17,18). The number of nitrogens with zero attached hydrogens (tertiary/aromatic N) is 1. The number of anilines is 1. The number of nitrogens with two attached hydrogens (primary N) is 1. The molecule has 19 heavy (non-hydrogen) atoms. The summed E-state index contributed by atoms with van der Waals surface area (Å²) in [6.07, 6.45) is 0.750. The highest BCUT2D eigenvalue weighted by molar-refractivity contribution is 14.1.